The molecule has 0 saturated carbocycles. The third-order valence-electron chi connectivity index (χ3n) is 2.38. The van der Waals surface area contributed by atoms with Crippen LogP contribution in [-0.4, -0.2) is 37.1 Å². The van der Waals surface area contributed by atoms with E-state index in [2.05, 4.69) is 4.74 Å². The Morgan fingerprint density at radius 2 is 1.90 bits per heavy atom. The Bertz CT molecular complexity index is 489. The van der Waals surface area contributed by atoms with Crippen LogP contribution in [0.3, 0.4) is 0 Å². The topological polar surface area (TPSA) is 55.8 Å². The van der Waals surface area contributed by atoms with Crippen molar-refractivity contribution in [1.29, 1.82) is 0 Å². The van der Waals surface area contributed by atoms with Gasteiger partial charge in [-0.25, -0.2) is 4.79 Å². The number of thiophene rings is 1. The first-order valence-corrected chi connectivity index (χ1v) is 6.97. The molecule has 1 aromatic rings. The molecule has 0 aliphatic heterocycles. The van der Waals surface area contributed by atoms with Crippen molar-refractivity contribution in [3.8, 4) is 5.75 Å². The highest BCUT2D eigenvalue weighted by Crippen LogP contribution is 2.36. The van der Waals surface area contributed by atoms with Gasteiger partial charge >= 0.3 is 12.1 Å². The zero-order valence-electron chi connectivity index (χ0n) is 11.9. The lowest BCUT2D eigenvalue weighted by Crippen LogP contribution is -2.19. The van der Waals surface area contributed by atoms with Crippen LogP contribution in [-0.2, 0) is 10.2 Å². The Hall–Kier alpha value is -1.28. The second kappa shape index (κ2) is 6.65. The highest BCUT2D eigenvalue weighted by molar-refractivity contribution is 7.14. The first-order valence-electron chi connectivity index (χ1n) is 6.15. The van der Waals surface area contributed by atoms with E-state index in [1.165, 1.54) is 0 Å². The Kier molecular flexibility index (Phi) is 5.63. The summed E-state index contributed by atoms with van der Waals surface area (Å²) in [5.41, 5.74) is -0.233. The molecule has 0 unspecified atom stereocenters. The number of ether oxygens (including phenoxy) is 2. The van der Waals surface area contributed by atoms with E-state index in [0.717, 1.165) is 16.2 Å². The van der Waals surface area contributed by atoms with Crippen molar-refractivity contribution in [3.05, 3.63) is 15.8 Å². The second-order valence-electron chi connectivity index (χ2n) is 5.38. The smallest absolute Gasteiger partial charge is 0.411 e. The van der Waals surface area contributed by atoms with Gasteiger partial charge in [-0.3, -0.25) is 0 Å². The minimum absolute atomic E-state index is 0.0377. The normalized spacial score (nSPS) is 12.5. The van der Waals surface area contributed by atoms with Crippen LogP contribution in [0.25, 0.3) is 0 Å². The predicted octanol–water partition coefficient (Wildman–Crippen LogP) is 3.70. The summed E-state index contributed by atoms with van der Waals surface area (Å²) in [5.74, 6) is -0.963. The van der Waals surface area contributed by atoms with Crippen LogP contribution < -0.4 is 4.74 Å². The van der Waals surface area contributed by atoms with E-state index in [4.69, 9.17) is 9.84 Å². The van der Waals surface area contributed by atoms with Crippen molar-refractivity contribution in [2.45, 2.75) is 32.4 Å². The molecule has 0 fully saturated rings. The molecule has 1 aromatic heterocycles. The molecular formula is C13H17F3O4S. The number of aromatic carboxylic acids is 1. The summed E-state index contributed by atoms with van der Waals surface area (Å²) < 4.78 is 45.2. The molecule has 0 spiro atoms. The number of hydrogen-bond donors (Lipinski definition) is 1. The van der Waals surface area contributed by atoms with Gasteiger partial charge in [-0.05, 0) is 11.5 Å². The Morgan fingerprint density at radius 1 is 1.29 bits per heavy atom. The first-order chi connectivity index (χ1) is 9.50. The summed E-state index contributed by atoms with van der Waals surface area (Å²) in [6.07, 6.45) is -4.38. The second-order valence-corrected chi connectivity index (χ2v) is 6.43. The lowest BCUT2D eigenvalue weighted by atomic mass is 9.95. The molecule has 0 radical (unpaired) electrons. The van der Waals surface area contributed by atoms with Crippen molar-refractivity contribution in [2.75, 3.05) is 19.8 Å². The molecule has 0 aliphatic carbocycles. The number of carboxylic acid groups (broad SMARTS) is 1. The highest BCUT2D eigenvalue weighted by Gasteiger charge is 2.27. The SMILES string of the molecule is CC(C)(C)c1cc(OCCOCC(F)(F)F)c(C(=O)O)s1. The van der Waals surface area contributed by atoms with E-state index < -0.39 is 18.8 Å². The Morgan fingerprint density at radius 3 is 2.38 bits per heavy atom. The molecule has 21 heavy (non-hydrogen) atoms. The van der Waals surface area contributed by atoms with Crippen molar-refractivity contribution in [1.82, 2.24) is 0 Å². The predicted molar refractivity (Wildman–Crippen MR) is 72.3 cm³/mol. The molecule has 1 N–H and O–H groups in total. The summed E-state index contributed by atoms with van der Waals surface area (Å²) in [5, 5.41) is 9.10. The zero-order chi connectivity index (χ0) is 16.3. The van der Waals surface area contributed by atoms with Gasteiger partial charge in [0.25, 0.3) is 0 Å². The number of alkyl halides is 3. The fourth-order valence-electron chi connectivity index (χ4n) is 1.40. The fourth-order valence-corrected chi connectivity index (χ4v) is 2.40. The summed E-state index contributed by atoms with van der Waals surface area (Å²) in [6, 6.07) is 1.61. The van der Waals surface area contributed by atoms with Crippen LogP contribution in [0.1, 0.15) is 35.3 Å². The van der Waals surface area contributed by atoms with Crippen molar-refractivity contribution in [3.63, 3.8) is 0 Å². The quantitative estimate of drug-likeness (QED) is 0.810. The Balaban J connectivity index is 2.62. The zero-order valence-corrected chi connectivity index (χ0v) is 12.7. The molecule has 0 amide bonds. The van der Waals surface area contributed by atoms with E-state index >= 15 is 0 Å². The van der Waals surface area contributed by atoms with Crippen molar-refractivity contribution < 1.29 is 32.5 Å². The lowest BCUT2D eigenvalue weighted by Gasteiger charge is -2.15. The van der Waals surface area contributed by atoms with Crippen LogP contribution in [0.5, 0.6) is 5.75 Å². The molecule has 4 nitrogen and oxygen atoms in total. The minimum Gasteiger partial charge on any atom is -0.489 e. The first kappa shape index (κ1) is 17.8. The molecule has 0 atom stereocenters. The monoisotopic (exact) mass is 326 g/mol. The van der Waals surface area contributed by atoms with Gasteiger partial charge in [0, 0.05) is 4.88 Å². The molecule has 0 aliphatic rings. The molecule has 1 heterocycles. The maximum absolute atomic E-state index is 11.9. The van der Waals surface area contributed by atoms with Gasteiger partial charge in [0.15, 0.2) is 4.88 Å². The van der Waals surface area contributed by atoms with Gasteiger partial charge < -0.3 is 14.6 Å². The van der Waals surface area contributed by atoms with E-state index in [-0.39, 0.29) is 29.3 Å². The summed E-state index contributed by atoms with van der Waals surface area (Å²) >= 11 is 1.10. The average Bonchev–Trinajstić information content (AvgIpc) is 2.70. The number of halogens is 3. The maximum atomic E-state index is 11.9. The average molecular weight is 326 g/mol. The number of hydrogen-bond acceptors (Lipinski definition) is 4. The van der Waals surface area contributed by atoms with Crippen LogP contribution in [0.4, 0.5) is 13.2 Å². The molecule has 1 rings (SSSR count). The number of rotatable bonds is 6. The summed E-state index contributed by atoms with van der Waals surface area (Å²) in [4.78, 5) is 12.0. The number of carbonyl (C=O) groups is 1. The van der Waals surface area contributed by atoms with E-state index in [1.54, 1.807) is 6.07 Å². The fraction of sp³-hybridized carbons (Fsp3) is 0.615. The van der Waals surface area contributed by atoms with E-state index in [9.17, 15) is 18.0 Å². The van der Waals surface area contributed by atoms with Gasteiger partial charge in [-0.15, -0.1) is 11.3 Å². The third-order valence-corrected chi connectivity index (χ3v) is 3.91. The molecule has 0 bridgehead atoms. The molecule has 0 saturated heterocycles. The molecule has 0 aromatic carbocycles. The van der Waals surface area contributed by atoms with Gasteiger partial charge in [0.05, 0.1) is 6.61 Å². The summed E-state index contributed by atoms with van der Waals surface area (Å²) in [7, 11) is 0. The van der Waals surface area contributed by atoms with Crippen LogP contribution in [0, 0.1) is 0 Å². The van der Waals surface area contributed by atoms with Crippen LogP contribution in [0.15, 0.2) is 6.07 Å². The van der Waals surface area contributed by atoms with Gasteiger partial charge in [0.2, 0.25) is 0 Å². The van der Waals surface area contributed by atoms with Crippen LogP contribution >= 0.6 is 11.3 Å². The molecule has 120 valence electrons. The van der Waals surface area contributed by atoms with Gasteiger partial charge in [-0.1, -0.05) is 20.8 Å². The van der Waals surface area contributed by atoms with Crippen LogP contribution in [0.2, 0.25) is 0 Å². The number of carboxylic acids is 1. The van der Waals surface area contributed by atoms with Gasteiger partial charge in [-0.2, -0.15) is 13.2 Å². The van der Waals surface area contributed by atoms with Crippen molar-refractivity contribution >= 4 is 17.3 Å². The summed E-state index contributed by atoms with van der Waals surface area (Å²) in [6.45, 7) is 4.04. The van der Waals surface area contributed by atoms with E-state index in [1.807, 2.05) is 20.8 Å². The molecule has 8 heteroatoms. The minimum atomic E-state index is -4.38. The third kappa shape index (κ3) is 5.92. The molecular weight excluding hydrogens is 309 g/mol. The van der Waals surface area contributed by atoms with Gasteiger partial charge in [0.1, 0.15) is 19.0 Å². The maximum Gasteiger partial charge on any atom is 0.411 e. The highest BCUT2D eigenvalue weighted by atomic mass is 32.1. The Labute approximate surface area is 124 Å². The lowest BCUT2D eigenvalue weighted by molar-refractivity contribution is -0.175. The largest absolute Gasteiger partial charge is 0.489 e. The van der Waals surface area contributed by atoms with E-state index in [0.29, 0.717) is 0 Å². The van der Waals surface area contributed by atoms with Crippen molar-refractivity contribution in [2.24, 2.45) is 0 Å². The standard InChI is InChI=1S/C13H17F3O4S/c1-12(2,3)9-6-8(10(21-9)11(17)18)20-5-4-19-7-13(14,15)16/h6H,4-5,7H2,1-3H3,(H,17,18).